The van der Waals surface area contributed by atoms with Crippen LogP contribution < -0.4 is 0 Å². The van der Waals surface area contributed by atoms with Gasteiger partial charge in [-0.05, 0) is 34.1 Å². The Morgan fingerprint density at radius 1 is 1.64 bits per heavy atom. The lowest BCUT2D eigenvalue weighted by molar-refractivity contribution is 0.300. The van der Waals surface area contributed by atoms with Crippen molar-refractivity contribution in [2.45, 2.75) is 17.1 Å². The van der Waals surface area contributed by atoms with E-state index in [0.29, 0.717) is 5.56 Å². The van der Waals surface area contributed by atoms with E-state index in [1.54, 1.807) is 23.9 Å². The van der Waals surface area contributed by atoms with Crippen LogP contribution in [0.3, 0.4) is 0 Å². The van der Waals surface area contributed by atoms with Crippen LogP contribution in [0.2, 0.25) is 0 Å². The number of hydrogen-bond donors (Lipinski definition) is 1. The van der Waals surface area contributed by atoms with Gasteiger partial charge in [0, 0.05) is 14.6 Å². The second-order valence-corrected chi connectivity index (χ2v) is 5.20. The maximum Gasteiger partial charge on any atom is 0.0992 e. The van der Waals surface area contributed by atoms with Crippen LogP contribution in [-0.4, -0.2) is 17.0 Å². The van der Waals surface area contributed by atoms with Crippen LogP contribution in [0.5, 0.6) is 0 Å². The average molecular weight is 272 g/mol. The molecule has 4 heteroatoms. The van der Waals surface area contributed by atoms with Crippen molar-refractivity contribution in [1.82, 2.24) is 0 Å². The molecule has 1 atom stereocenters. The van der Waals surface area contributed by atoms with Crippen LogP contribution in [0.15, 0.2) is 27.6 Å². The number of halogens is 1. The lowest BCUT2D eigenvalue weighted by Crippen LogP contribution is -2.01. The highest BCUT2D eigenvalue weighted by molar-refractivity contribution is 9.10. The smallest absolute Gasteiger partial charge is 0.0992 e. The number of aliphatic hydroxyl groups is 1. The predicted molar refractivity (Wildman–Crippen MR) is 61.3 cm³/mol. The van der Waals surface area contributed by atoms with Crippen LogP contribution in [0.1, 0.15) is 12.5 Å². The molecule has 1 rings (SSSR count). The fourth-order valence-corrected chi connectivity index (χ4v) is 2.41. The molecule has 0 aliphatic rings. The van der Waals surface area contributed by atoms with Gasteiger partial charge in [0.25, 0.3) is 0 Å². The molecule has 0 saturated heterocycles. The first-order valence-corrected chi connectivity index (χ1v) is 5.81. The van der Waals surface area contributed by atoms with Crippen molar-refractivity contribution < 1.29 is 5.11 Å². The largest absolute Gasteiger partial charge is 0.395 e. The van der Waals surface area contributed by atoms with Crippen molar-refractivity contribution >= 4 is 27.7 Å². The number of nitriles is 1. The van der Waals surface area contributed by atoms with E-state index in [0.717, 1.165) is 9.37 Å². The summed E-state index contributed by atoms with van der Waals surface area (Å²) in [6, 6.07) is 7.52. The van der Waals surface area contributed by atoms with Crippen LogP contribution in [0, 0.1) is 11.3 Å². The second kappa shape index (κ2) is 5.40. The first kappa shape index (κ1) is 11.6. The molecule has 1 aromatic rings. The fourth-order valence-electron chi connectivity index (χ4n) is 0.920. The summed E-state index contributed by atoms with van der Waals surface area (Å²) in [6.07, 6.45) is 0. The zero-order valence-corrected chi connectivity index (χ0v) is 10.1. The third-order valence-corrected chi connectivity index (χ3v) is 3.73. The first-order valence-electron chi connectivity index (χ1n) is 4.14. The van der Waals surface area contributed by atoms with Gasteiger partial charge < -0.3 is 5.11 Å². The topological polar surface area (TPSA) is 44.0 Å². The molecule has 1 unspecified atom stereocenters. The van der Waals surface area contributed by atoms with E-state index in [2.05, 4.69) is 22.0 Å². The molecule has 0 amide bonds. The first-order chi connectivity index (χ1) is 6.67. The molecule has 14 heavy (non-hydrogen) atoms. The number of rotatable bonds is 3. The summed E-state index contributed by atoms with van der Waals surface area (Å²) >= 11 is 4.98. The van der Waals surface area contributed by atoms with Crippen LogP contribution in [0.4, 0.5) is 0 Å². The maximum atomic E-state index is 8.90. The molecule has 0 radical (unpaired) electrons. The highest BCUT2D eigenvalue weighted by Crippen LogP contribution is 2.30. The number of hydrogen-bond acceptors (Lipinski definition) is 3. The van der Waals surface area contributed by atoms with Crippen molar-refractivity contribution in [2.24, 2.45) is 0 Å². The zero-order chi connectivity index (χ0) is 10.6. The number of benzene rings is 1. The van der Waals surface area contributed by atoms with Crippen molar-refractivity contribution in [2.75, 3.05) is 6.61 Å². The summed E-state index contributed by atoms with van der Waals surface area (Å²) in [5.41, 5.74) is 0.637. The van der Waals surface area contributed by atoms with Gasteiger partial charge in [0.15, 0.2) is 0 Å². The summed E-state index contributed by atoms with van der Waals surface area (Å²) in [5, 5.41) is 17.7. The standard InChI is InChI=1S/C10H10BrNOS/c1-7(6-13)14-10-3-2-8(5-12)4-9(10)11/h2-4,7,13H,6H2,1H3. The zero-order valence-electron chi connectivity index (χ0n) is 7.70. The number of thioether (sulfide) groups is 1. The van der Waals surface area contributed by atoms with Crippen molar-refractivity contribution in [1.29, 1.82) is 5.26 Å². The Balaban J connectivity index is 2.85. The highest BCUT2D eigenvalue weighted by Gasteiger charge is 2.06. The minimum atomic E-state index is 0.150. The van der Waals surface area contributed by atoms with Crippen molar-refractivity contribution in [3.8, 4) is 6.07 Å². The minimum absolute atomic E-state index is 0.150. The molecule has 1 N–H and O–H groups in total. The molecular weight excluding hydrogens is 262 g/mol. The van der Waals surface area contributed by atoms with Gasteiger partial charge in [-0.15, -0.1) is 11.8 Å². The molecule has 74 valence electrons. The number of nitrogens with zero attached hydrogens (tertiary/aromatic N) is 1. The van der Waals surface area contributed by atoms with Gasteiger partial charge in [-0.3, -0.25) is 0 Å². The summed E-state index contributed by atoms with van der Waals surface area (Å²) in [7, 11) is 0. The molecule has 2 nitrogen and oxygen atoms in total. The summed E-state index contributed by atoms with van der Waals surface area (Å²) in [4.78, 5) is 1.05. The predicted octanol–water partition coefficient (Wildman–Crippen LogP) is 2.79. The van der Waals surface area contributed by atoms with Gasteiger partial charge in [0.2, 0.25) is 0 Å². The molecular formula is C10H10BrNOS. The molecule has 0 bridgehead atoms. The van der Waals surface area contributed by atoms with E-state index < -0.39 is 0 Å². The van der Waals surface area contributed by atoms with Gasteiger partial charge in [-0.2, -0.15) is 5.26 Å². The second-order valence-electron chi connectivity index (χ2n) is 2.87. The third kappa shape index (κ3) is 3.02. The van der Waals surface area contributed by atoms with E-state index in [1.165, 1.54) is 0 Å². The molecule has 0 saturated carbocycles. The Bertz CT molecular complexity index is 362. The third-order valence-electron chi connectivity index (χ3n) is 1.65. The summed E-state index contributed by atoms with van der Waals surface area (Å²) < 4.78 is 0.904. The van der Waals surface area contributed by atoms with E-state index in [9.17, 15) is 0 Å². The quantitative estimate of drug-likeness (QED) is 0.860. The maximum absolute atomic E-state index is 8.90. The van der Waals surface area contributed by atoms with Crippen molar-refractivity contribution in [3.63, 3.8) is 0 Å². The van der Waals surface area contributed by atoms with Gasteiger partial charge >= 0.3 is 0 Å². The van der Waals surface area contributed by atoms with Crippen molar-refractivity contribution in [3.05, 3.63) is 28.2 Å². The summed E-state index contributed by atoms with van der Waals surface area (Å²) in [5.74, 6) is 0. The van der Waals surface area contributed by atoms with E-state index in [1.807, 2.05) is 13.0 Å². The fraction of sp³-hybridized carbons (Fsp3) is 0.300. The lowest BCUT2D eigenvalue weighted by atomic mass is 10.2. The summed E-state index contributed by atoms with van der Waals surface area (Å²) in [6.45, 7) is 2.10. The monoisotopic (exact) mass is 271 g/mol. The Kier molecular flexibility index (Phi) is 4.46. The molecule has 0 aromatic heterocycles. The Morgan fingerprint density at radius 3 is 2.86 bits per heavy atom. The van der Waals surface area contributed by atoms with E-state index in [-0.39, 0.29) is 11.9 Å². The normalized spacial score (nSPS) is 12.1. The van der Waals surface area contributed by atoms with Gasteiger partial charge in [0.05, 0.1) is 18.2 Å². The van der Waals surface area contributed by atoms with Gasteiger partial charge in [-0.1, -0.05) is 6.92 Å². The lowest BCUT2D eigenvalue weighted by Gasteiger charge is -2.09. The molecule has 0 spiro atoms. The van der Waals surface area contributed by atoms with E-state index >= 15 is 0 Å². The molecule has 1 aromatic carbocycles. The molecule has 0 aliphatic carbocycles. The molecule has 0 heterocycles. The van der Waals surface area contributed by atoms with Gasteiger partial charge in [0.1, 0.15) is 0 Å². The van der Waals surface area contributed by atoms with Crippen LogP contribution in [0.25, 0.3) is 0 Å². The average Bonchev–Trinajstić information content (AvgIpc) is 2.20. The SMILES string of the molecule is CC(CO)Sc1ccc(C#N)cc1Br. The molecule has 0 fully saturated rings. The molecule has 0 aliphatic heterocycles. The number of aliphatic hydroxyl groups excluding tert-OH is 1. The Labute approximate surface area is 96.1 Å². The van der Waals surface area contributed by atoms with E-state index in [4.69, 9.17) is 10.4 Å². The Morgan fingerprint density at radius 2 is 2.36 bits per heavy atom. The highest BCUT2D eigenvalue weighted by atomic mass is 79.9. The van der Waals surface area contributed by atoms with Crippen LogP contribution in [-0.2, 0) is 0 Å². The van der Waals surface area contributed by atoms with Crippen LogP contribution >= 0.6 is 27.7 Å². The minimum Gasteiger partial charge on any atom is -0.395 e. The Hall–Kier alpha value is -0.500. The van der Waals surface area contributed by atoms with Gasteiger partial charge in [-0.25, -0.2) is 0 Å².